The molecule has 0 saturated heterocycles. The van der Waals surface area contributed by atoms with Crippen LogP contribution in [0.1, 0.15) is 13.7 Å². The number of nitrogens with zero attached hydrogens (tertiary/aromatic N) is 5. The molecule has 0 atom stereocenters. The zero-order chi connectivity index (χ0) is 44.7. The Morgan fingerprint density at radius 2 is 1.09 bits per heavy atom. The summed E-state index contributed by atoms with van der Waals surface area (Å²) in [7, 11) is 0. The summed E-state index contributed by atoms with van der Waals surface area (Å²) in [5.74, 6) is -0.696. The molecule has 0 aliphatic heterocycles. The van der Waals surface area contributed by atoms with E-state index in [1.165, 1.54) is 0 Å². The number of fused-ring (bicyclic) bond motifs is 11. The maximum atomic E-state index is 8.82. The van der Waals surface area contributed by atoms with E-state index in [0.717, 1.165) is 69.2 Å². The Labute approximate surface area is 333 Å². The van der Waals surface area contributed by atoms with E-state index in [-0.39, 0.29) is 28.7 Å². The SMILES string of the molecule is [2H]c1c([2H])c([2H])c(-c2nc(-c3c([2H])c([2H])c([2H])c([2H])c3[2H])nc(-n3c4ccccc4c4c5sc6cc7c(cc6c5ccc43)c3cc4ccccc4cc3n7-c3ccccc3)n2)c([2H])c1[2H]. The molecule has 0 saturated carbocycles. The molecule has 4 aromatic heterocycles. The molecule has 4 heterocycles. The van der Waals surface area contributed by atoms with Crippen molar-refractivity contribution < 1.29 is 13.7 Å². The van der Waals surface area contributed by atoms with Crippen LogP contribution in [0, 0.1) is 0 Å². The van der Waals surface area contributed by atoms with E-state index in [9.17, 15) is 0 Å². The topological polar surface area (TPSA) is 48.5 Å². The Morgan fingerprint density at radius 3 is 1.84 bits per heavy atom. The first kappa shape index (κ1) is 22.2. The van der Waals surface area contributed by atoms with Gasteiger partial charge in [-0.3, -0.25) is 4.57 Å². The molecular weight excluding hydrogens is 691 g/mol. The largest absolute Gasteiger partial charge is 0.309 e. The highest BCUT2D eigenvalue weighted by Crippen LogP contribution is 2.46. The minimum Gasteiger partial charge on any atom is -0.309 e. The smallest absolute Gasteiger partial charge is 0.238 e. The number of para-hydroxylation sites is 2. The van der Waals surface area contributed by atoms with Crippen LogP contribution < -0.4 is 0 Å². The molecule has 8 aromatic carbocycles. The Hall–Kier alpha value is -7.15. The molecule has 0 aliphatic rings. The van der Waals surface area contributed by atoms with Gasteiger partial charge in [0.15, 0.2) is 11.6 Å². The lowest BCUT2D eigenvalue weighted by Crippen LogP contribution is -2.06. The van der Waals surface area contributed by atoms with Gasteiger partial charge in [0.05, 0.1) is 35.8 Å². The molecule has 0 N–H and O–H groups in total. The van der Waals surface area contributed by atoms with E-state index in [1.54, 1.807) is 15.9 Å². The third kappa shape index (κ3) is 4.55. The number of rotatable bonds is 4. The summed E-state index contributed by atoms with van der Waals surface area (Å²) in [5, 5.41) is 8.47. The van der Waals surface area contributed by atoms with Crippen LogP contribution in [-0.4, -0.2) is 24.1 Å². The fourth-order valence-corrected chi connectivity index (χ4v) is 9.24. The van der Waals surface area contributed by atoms with Gasteiger partial charge in [0, 0.05) is 58.5 Å². The summed E-state index contributed by atoms with van der Waals surface area (Å²) in [6.07, 6.45) is 0. The van der Waals surface area contributed by atoms with Crippen molar-refractivity contribution in [2.24, 2.45) is 0 Å². The van der Waals surface area contributed by atoms with Gasteiger partial charge in [-0.1, -0.05) is 127 Å². The lowest BCUT2D eigenvalue weighted by Gasteiger charge is -2.10. The van der Waals surface area contributed by atoms with Crippen molar-refractivity contribution in [3.63, 3.8) is 0 Å². The molecule has 0 fully saturated rings. The van der Waals surface area contributed by atoms with E-state index in [1.807, 2.05) is 48.5 Å². The highest BCUT2D eigenvalue weighted by atomic mass is 32.1. The third-order valence-corrected chi connectivity index (χ3v) is 11.5. The zero-order valence-electron chi connectivity index (χ0n) is 38.6. The van der Waals surface area contributed by atoms with Crippen LogP contribution in [0.2, 0.25) is 0 Å². The first-order valence-electron chi connectivity index (χ1n) is 22.6. The van der Waals surface area contributed by atoms with Crippen LogP contribution in [0.3, 0.4) is 0 Å². The molecule has 12 rings (SSSR count). The van der Waals surface area contributed by atoms with Gasteiger partial charge in [-0.15, -0.1) is 11.3 Å². The van der Waals surface area contributed by atoms with E-state index in [2.05, 4.69) is 76.3 Å². The van der Waals surface area contributed by atoms with E-state index in [4.69, 9.17) is 23.7 Å². The van der Waals surface area contributed by atoms with Crippen molar-refractivity contribution in [3.05, 3.63) is 176 Å². The molecular formula is C49H29N5S. The Bertz CT molecular complexity index is 3940. The van der Waals surface area contributed by atoms with Crippen molar-refractivity contribution in [1.29, 1.82) is 0 Å². The lowest BCUT2D eigenvalue weighted by atomic mass is 10.0. The van der Waals surface area contributed by atoms with Gasteiger partial charge < -0.3 is 4.57 Å². The van der Waals surface area contributed by atoms with Crippen molar-refractivity contribution in [2.45, 2.75) is 0 Å². The highest BCUT2D eigenvalue weighted by Gasteiger charge is 2.22. The lowest BCUT2D eigenvalue weighted by molar-refractivity contribution is 0.953. The summed E-state index contributed by atoms with van der Waals surface area (Å²) in [4.78, 5) is 14.1. The van der Waals surface area contributed by atoms with Crippen LogP contribution in [0.15, 0.2) is 176 Å². The minimum absolute atomic E-state index is 0.0448. The first-order valence-corrected chi connectivity index (χ1v) is 18.4. The summed E-state index contributed by atoms with van der Waals surface area (Å²) in [6, 6.07) is 33.7. The van der Waals surface area contributed by atoms with Crippen LogP contribution in [0.5, 0.6) is 0 Å². The maximum Gasteiger partial charge on any atom is 0.238 e. The summed E-state index contributed by atoms with van der Waals surface area (Å²) >= 11 is 1.67. The fraction of sp³-hybridized carbons (Fsp3) is 0. The van der Waals surface area contributed by atoms with E-state index in [0.29, 0.717) is 11.0 Å². The van der Waals surface area contributed by atoms with Gasteiger partial charge in [0.2, 0.25) is 5.95 Å². The molecule has 0 aliphatic carbocycles. The van der Waals surface area contributed by atoms with Crippen molar-refractivity contribution >= 4 is 85.9 Å². The van der Waals surface area contributed by atoms with Gasteiger partial charge in [-0.05, 0) is 59.3 Å². The predicted molar refractivity (Wildman–Crippen MR) is 230 cm³/mol. The average molecular weight is 730 g/mol. The standard InChI is InChI=1S/C49H29N5S/c1-4-14-30(15-5-1)47-50-48(31-16-6-2-7-17-31)52-49(51-47)54-40-23-13-12-22-36(40)45-41(54)25-24-35-39-28-38-37-26-32-18-10-11-19-33(32)27-42(37)53(34-20-8-3-9-21-34)43(38)29-44(39)55-46(35)45/h1-29H/i1D,2D,4D,5D,6D,7D,14D,15D,16D,17D. The summed E-state index contributed by atoms with van der Waals surface area (Å²) < 4.78 is 91.7. The maximum absolute atomic E-state index is 8.82. The summed E-state index contributed by atoms with van der Waals surface area (Å²) in [6.45, 7) is 0. The molecule has 0 amide bonds. The van der Waals surface area contributed by atoms with Gasteiger partial charge in [0.25, 0.3) is 0 Å². The van der Waals surface area contributed by atoms with Gasteiger partial charge in [-0.25, -0.2) is 4.98 Å². The molecule has 256 valence electrons. The quantitative estimate of drug-likeness (QED) is 0.181. The molecule has 0 spiro atoms. The molecule has 0 unspecified atom stereocenters. The van der Waals surface area contributed by atoms with Crippen molar-refractivity contribution in [2.75, 3.05) is 0 Å². The Kier molecular flexibility index (Phi) is 4.70. The van der Waals surface area contributed by atoms with E-state index < -0.39 is 60.4 Å². The van der Waals surface area contributed by atoms with Gasteiger partial charge in [-0.2, -0.15) is 9.97 Å². The molecule has 0 bridgehead atoms. The second-order valence-electron chi connectivity index (χ2n) is 13.3. The van der Waals surface area contributed by atoms with Crippen molar-refractivity contribution in [1.82, 2.24) is 24.1 Å². The monoisotopic (exact) mass is 729 g/mol. The van der Waals surface area contributed by atoms with Crippen LogP contribution in [0.25, 0.3) is 109 Å². The molecule has 55 heavy (non-hydrogen) atoms. The number of benzene rings is 8. The zero-order valence-corrected chi connectivity index (χ0v) is 29.4. The second kappa shape index (κ2) is 11.7. The summed E-state index contributed by atoms with van der Waals surface area (Å²) in [5.41, 5.74) is 3.95. The first-order chi connectivity index (χ1) is 31.4. The highest BCUT2D eigenvalue weighted by molar-refractivity contribution is 7.26. The normalized spacial score (nSPS) is 14.5. The minimum atomic E-state index is -0.606. The number of hydrogen-bond donors (Lipinski definition) is 0. The van der Waals surface area contributed by atoms with Crippen LogP contribution in [-0.2, 0) is 0 Å². The number of thiophene rings is 1. The third-order valence-electron chi connectivity index (χ3n) is 10.3. The van der Waals surface area contributed by atoms with Gasteiger partial charge >= 0.3 is 0 Å². The average Bonchev–Trinajstić information content (AvgIpc) is 3.97. The second-order valence-corrected chi connectivity index (χ2v) is 14.4. The Balaban J connectivity index is 1.17. The molecule has 5 nitrogen and oxygen atoms in total. The molecule has 12 aromatic rings. The molecule has 0 radical (unpaired) electrons. The number of hydrogen-bond acceptors (Lipinski definition) is 4. The number of aromatic nitrogens is 5. The van der Waals surface area contributed by atoms with E-state index >= 15 is 0 Å². The van der Waals surface area contributed by atoms with Gasteiger partial charge in [0.1, 0.15) is 0 Å². The molecule has 6 heteroatoms. The predicted octanol–water partition coefficient (Wildman–Crippen LogP) is 12.9. The van der Waals surface area contributed by atoms with Crippen molar-refractivity contribution in [3.8, 4) is 34.4 Å². The van der Waals surface area contributed by atoms with Crippen LogP contribution >= 0.6 is 11.3 Å². The van der Waals surface area contributed by atoms with Crippen LogP contribution in [0.4, 0.5) is 0 Å². The Morgan fingerprint density at radius 1 is 0.455 bits per heavy atom. The fourth-order valence-electron chi connectivity index (χ4n) is 7.96.